The fourth-order valence-corrected chi connectivity index (χ4v) is 2.06. The highest BCUT2D eigenvalue weighted by Crippen LogP contribution is 2.23. The number of halogens is 1. The average molecular weight is 219 g/mol. The van der Waals surface area contributed by atoms with Crippen LogP contribution in [0, 0.1) is 5.92 Å². The first kappa shape index (κ1) is 11.6. The van der Waals surface area contributed by atoms with Crippen molar-refractivity contribution in [3.63, 3.8) is 0 Å². The van der Waals surface area contributed by atoms with Crippen LogP contribution in [0.15, 0.2) is 0 Å². The number of rotatable bonds is 3. The van der Waals surface area contributed by atoms with Gasteiger partial charge in [0.2, 0.25) is 0 Å². The third-order valence-electron chi connectivity index (χ3n) is 2.65. The third kappa shape index (κ3) is 4.18. The third-order valence-corrected chi connectivity index (χ3v) is 2.84. The average Bonchev–Trinajstić information content (AvgIpc) is 2.15. The van der Waals surface area contributed by atoms with Crippen LogP contribution >= 0.6 is 11.6 Å². The van der Waals surface area contributed by atoms with E-state index in [1.807, 2.05) is 0 Å². The Balaban J connectivity index is 2.18. The molecular weight excluding hydrogens is 200 g/mol. The second kappa shape index (κ2) is 6.12. The maximum atomic E-state index is 11.3. The van der Waals surface area contributed by atoms with E-state index in [9.17, 15) is 4.79 Å². The molecule has 14 heavy (non-hydrogen) atoms. The van der Waals surface area contributed by atoms with Crippen molar-refractivity contribution < 1.29 is 4.79 Å². The maximum Gasteiger partial charge on any atom is 0.315 e. The zero-order valence-electron chi connectivity index (χ0n) is 8.68. The van der Waals surface area contributed by atoms with Crippen LogP contribution in [0.4, 0.5) is 4.79 Å². The van der Waals surface area contributed by atoms with E-state index in [1.165, 1.54) is 12.8 Å². The lowest BCUT2D eigenvalue weighted by Gasteiger charge is -2.27. The molecule has 1 saturated carbocycles. The molecule has 2 N–H and O–H groups in total. The van der Waals surface area contributed by atoms with Gasteiger partial charge < -0.3 is 10.6 Å². The minimum Gasteiger partial charge on any atom is -0.337 e. The highest BCUT2D eigenvalue weighted by molar-refractivity contribution is 6.18. The van der Waals surface area contributed by atoms with Crippen LogP contribution in [0.3, 0.4) is 0 Å². The van der Waals surface area contributed by atoms with E-state index in [0.717, 1.165) is 18.8 Å². The molecule has 1 aliphatic rings. The second-order valence-electron chi connectivity index (χ2n) is 4.06. The Bertz CT molecular complexity index is 187. The van der Waals surface area contributed by atoms with Crippen molar-refractivity contribution in [1.82, 2.24) is 10.6 Å². The van der Waals surface area contributed by atoms with Gasteiger partial charge in [-0.3, -0.25) is 0 Å². The number of urea groups is 1. The van der Waals surface area contributed by atoms with Gasteiger partial charge in [-0.05, 0) is 18.8 Å². The maximum absolute atomic E-state index is 11.3. The van der Waals surface area contributed by atoms with Crippen LogP contribution in [0.1, 0.15) is 32.6 Å². The molecule has 4 heteroatoms. The van der Waals surface area contributed by atoms with Gasteiger partial charge in [-0.2, -0.15) is 0 Å². The van der Waals surface area contributed by atoms with Crippen LogP contribution < -0.4 is 10.6 Å². The second-order valence-corrected chi connectivity index (χ2v) is 4.44. The largest absolute Gasteiger partial charge is 0.337 e. The molecule has 0 aromatic heterocycles. The van der Waals surface area contributed by atoms with Crippen molar-refractivity contribution in [1.29, 1.82) is 0 Å². The summed E-state index contributed by atoms with van der Waals surface area (Å²) in [7, 11) is 0. The van der Waals surface area contributed by atoms with Gasteiger partial charge in [-0.25, -0.2) is 4.79 Å². The summed E-state index contributed by atoms with van der Waals surface area (Å²) < 4.78 is 0. The molecule has 1 fully saturated rings. The van der Waals surface area contributed by atoms with Crippen molar-refractivity contribution in [3.05, 3.63) is 0 Å². The number of amides is 2. The smallest absolute Gasteiger partial charge is 0.315 e. The lowest BCUT2D eigenvalue weighted by Crippen LogP contribution is -2.44. The van der Waals surface area contributed by atoms with Gasteiger partial charge in [-0.1, -0.05) is 19.8 Å². The van der Waals surface area contributed by atoms with Gasteiger partial charge in [0.15, 0.2) is 0 Å². The zero-order chi connectivity index (χ0) is 10.4. The highest BCUT2D eigenvalue weighted by atomic mass is 35.5. The molecule has 0 aromatic carbocycles. The van der Waals surface area contributed by atoms with Gasteiger partial charge in [0.05, 0.1) is 0 Å². The molecule has 2 atom stereocenters. The summed E-state index contributed by atoms with van der Waals surface area (Å²) in [4.78, 5) is 11.3. The van der Waals surface area contributed by atoms with E-state index in [2.05, 4.69) is 17.6 Å². The van der Waals surface area contributed by atoms with Crippen LogP contribution in [0.2, 0.25) is 0 Å². The van der Waals surface area contributed by atoms with Gasteiger partial charge in [0, 0.05) is 18.5 Å². The first-order valence-electron chi connectivity index (χ1n) is 5.32. The van der Waals surface area contributed by atoms with Crippen LogP contribution in [-0.2, 0) is 0 Å². The number of carbonyl (C=O) groups is 1. The minimum absolute atomic E-state index is 0.0789. The fraction of sp³-hybridized carbons (Fsp3) is 0.900. The minimum atomic E-state index is -0.0789. The molecule has 0 aromatic rings. The number of carbonyl (C=O) groups excluding carboxylic acids is 1. The SMILES string of the molecule is CC1CCCC(NC(=O)NCCCl)C1. The number of hydrogen-bond donors (Lipinski definition) is 2. The predicted octanol–water partition coefficient (Wildman–Crippen LogP) is 2.10. The number of hydrogen-bond acceptors (Lipinski definition) is 1. The van der Waals surface area contributed by atoms with Gasteiger partial charge in [0.25, 0.3) is 0 Å². The molecule has 2 amide bonds. The van der Waals surface area contributed by atoms with E-state index < -0.39 is 0 Å². The Morgan fingerprint density at radius 1 is 1.50 bits per heavy atom. The Morgan fingerprint density at radius 2 is 2.29 bits per heavy atom. The van der Waals surface area contributed by atoms with Gasteiger partial charge in [0.1, 0.15) is 0 Å². The Hall–Kier alpha value is -0.440. The molecule has 3 nitrogen and oxygen atoms in total. The standard InChI is InChI=1S/C10H19ClN2O/c1-8-3-2-4-9(7-8)13-10(14)12-6-5-11/h8-9H,2-7H2,1H3,(H2,12,13,14). The topological polar surface area (TPSA) is 41.1 Å². The van der Waals surface area contributed by atoms with Crippen molar-refractivity contribution in [2.24, 2.45) is 5.92 Å². The normalized spacial score (nSPS) is 27.0. The quantitative estimate of drug-likeness (QED) is 0.700. The van der Waals surface area contributed by atoms with E-state index in [0.29, 0.717) is 18.5 Å². The molecular formula is C10H19ClN2O. The summed E-state index contributed by atoms with van der Waals surface area (Å²) in [6.07, 6.45) is 4.73. The van der Waals surface area contributed by atoms with Crippen molar-refractivity contribution in [2.75, 3.05) is 12.4 Å². The summed E-state index contributed by atoms with van der Waals surface area (Å²) in [6, 6.07) is 0.277. The summed E-state index contributed by atoms with van der Waals surface area (Å²) in [5, 5.41) is 5.69. The first-order chi connectivity index (χ1) is 6.72. The Morgan fingerprint density at radius 3 is 2.93 bits per heavy atom. The molecule has 0 bridgehead atoms. The molecule has 2 unspecified atom stereocenters. The fourth-order valence-electron chi connectivity index (χ4n) is 1.96. The lowest BCUT2D eigenvalue weighted by molar-refractivity contribution is 0.228. The number of nitrogens with one attached hydrogen (secondary N) is 2. The van der Waals surface area contributed by atoms with E-state index in [1.54, 1.807) is 0 Å². The molecule has 0 aliphatic heterocycles. The zero-order valence-corrected chi connectivity index (χ0v) is 9.44. The molecule has 0 radical (unpaired) electrons. The van der Waals surface area contributed by atoms with Gasteiger partial charge >= 0.3 is 6.03 Å². The molecule has 0 saturated heterocycles. The van der Waals surface area contributed by atoms with Crippen LogP contribution in [-0.4, -0.2) is 24.5 Å². The lowest BCUT2D eigenvalue weighted by atomic mass is 9.87. The molecule has 0 heterocycles. The Kier molecular flexibility index (Phi) is 5.09. The van der Waals surface area contributed by atoms with Crippen molar-refractivity contribution in [2.45, 2.75) is 38.6 Å². The van der Waals surface area contributed by atoms with Crippen LogP contribution in [0.25, 0.3) is 0 Å². The molecule has 1 aliphatic carbocycles. The summed E-state index contributed by atoms with van der Waals surface area (Å²) in [5.41, 5.74) is 0. The van der Waals surface area contributed by atoms with E-state index in [-0.39, 0.29) is 6.03 Å². The summed E-state index contributed by atoms with van der Waals surface area (Å²) >= 11 is 5.47. The molecule has 0 spiro atoms. The highest BCUT2D eigenvalue weighted by Gasteiger charge is 2.19. The van der Waals surface area contributed by atoms with Crippen LogP contribution in [0.5, 0.6) is 0 Å². The predicted molar refractivity (Wildman–Crippen MR) is 58.7 cm³/mol. The monoisotopic (exact) mass is 218 g/mol. The first-order valence-corrected chi connectivity index (χ1v) is 5.86. The van der Waals surface area contributed by atoms with Crippen molar-refractivity contribution in [3.8, 4) is 0 Å². The molecule has 82 valence electrons. The van der Waals surface area contributed by atoms with E-state index >= 15 is 0 Å². The van der Waals surface area contributed by atoms with E-state index in [4.69, 9.17) is 11.6 Å². The van der Waals surface area contributed by atoms with Gasteiger partial charge in [-0.15, -0.1) is 11.6 Å². The van der Waals surface area contributed by atoms with Crippen molar-refractivity contribution >= 4 is 17.6 Å². The molecule has 1 rings (SSSR count). The summed E-state index contributed by atoms with van der Waals surface area (Å²) in [5.74, 6) is 1.20. The Labute approximate surface area is 90.6 Å². The summed E-state index contributed by atoms with van der Waals surface area (Å²) in [6.45, 7) is 2.78. The number of alkyl halides is 1.